The number of amides is 1. The van der Waals surface area contributed by atoms with E-state index < -0.39 is 5.97 Å². The van der Waals surface area contributed by atoms with Gasteiger partial charge in [-0.25, -0.2) is 4.79 Å². The highest BCUT2D eigenvalue weighted by atomic mass is 32.1. The Labute approximate surface area is 225 Å². The number of hydrogen-bond donors (Lipinski definition) is 3. The number of benzene rings is 2. The fraction of sp³-hybridized carbons (Fsp3) is 0.172. The van der Waals surface area contributed by atoms with Gasteiger partial charge in [-0.15, -0.1) is 0 Å². The van der Waals surface area contributed by atoms with E-state index in [2.05, 4.69) is 15.6 Å². The van der Waals surface area contributed by atoms with Crippen LogP contribution in [-0.2, 0) is 4.79 Å². The number of hydrogen-bond acceptors (Lipinski definition) is 5. The van der Waals surface area contributed by atoms with E-state index in [0.29, 0.717) is 23.1 Å². The Morgan fingerprint density at radius 2 is 1.89 bits per heavy atom. The second kappa shape index (κ2) is 10.5. The van der Waals surface area contributed by atoms with Gasteiger partial charge < -0.3 is 25.1 Å². The number of anilines is 2. The molecule has 5 rings (SSSR count). The maximum absolute atomic E-state index is 11.9. The third kappa shape index (κ3) is 4.88. The highest BCUT2D eigenvalue weighted by Crippen LogP contribution is 2.43. The Balaban J connectivity index is 1.54. The Hall–Kier alpha value is -4.50. The molecule has 3 heterocycles. The second-order valence-corrected chi connectivity index (χ2v) is 9.37. The van der Waals surface area contributed by atoms with Crippen LogP contribution in [0, 0.1) is 6.92 Å². The van der Waals surface area contributed by atoms with Crippen LogP contribution in [0.5, 0.6) is 0 Å². The van der Waals surface area contributed by atoms with Gasteiger partial charge in [-0.05, 0) is 79.3 Å². The molecule has 1 saturated heterocycles. The molecule has 0 aliphatic carbocycles. The van der Waals surface area contributed by atoms with Crippen molar-refractivity contribution >= 4 is 40.6 Å². The van der Waals surface area contributed by atoms with Crippen molar-refractivity contribution in [1.29, 1.82) is 0 Å². The van der Waals surface area contributed by atoms with E-state index in [1.54, 1.807) is 30.5 Å². The van der Waals surface area contributed by atoms with Crippen molar-refractivity contribution < 1.29 is 19.1 Å². The summed E-state index contributed by atoms with van der Waals surface area (Å²) in [5.74, 6) is 0.257. The number of carboxylic acids is 1. The van der Waals surface area contributed by atoms with Crippen molar-refractivity contribution in [1.82, 2.24) is 10.3 Å². The standard InChI is InChI=1S/C29H26N4O4S/c1-3-25(34)31-21-12-11-20(16-17(21)2)33-27(26(32-29(33)38)22-6-4-5-15-30-22)24-14-13-23(37-24)18-7-9-19(10-8-18)28(35)36/h4-16,26-27H,3H2,1-2H3,(H,31,34)(H,32,38)(H,35,36)/t26-,27-/m0/s1. The zero-order valence-electron chi connectivity index (χ0n) is 20.8. The van der Waals surface area contributed by atoms with Crippen LogP contribution in [0.3, 0.4) is 0 Å². The molecule has 0 spiro atoms. The van der Waals surface area contributed by atoms with Crippen LogP contribution in [0.15, 0.2) is 83.4 Å². The van der Waals surface area contributed by atoms with E-state index in [9.17, 15) is 14.7 Å². The van der Waals surface area contributed by atoms with E-state index in [1.807, 2.05) is 67.3 Å². The number of aryl methyl sites for hydroxylation is 1. The number of nitrogens with zero attached hydrogens (tertiary/aromatic N) is 2. The first-order chi connectivity index (χ1) is 18.4. The Bertz CT molecular complexity index is 1500. The lowest BCUT2D eigenvalue weighted by Crippen LogP contribution is -2.29. The molecule has 1 fully saturated rings. The molecule has 1 aliphatic rings. The molecule has 3 N–H and O–H groups in total. The van der Waals surface area contributed by atoms with E-state index in [4.69, 9.17) is 16.6 Å². The van der Waals surface area contributed by atoms with Crippen LogP contribution in [0.2, 0.25) is 0 Å². The van der Waals surface area contributed by atoms with E-state index in [-0.39, 0.29) is 23.6 Å². The van der Waals surface area contributed by atoms with Crippen LogP contribution in [0.4, 0.5) is 11.4 Å². The lowest BCUT2D eigenvalue weighted by molar-refractivity contribution is -0.115. The molecule has 0 radical (unpaired) electrons. The van der Waals surface area contributed by atoms with Gasteiger partial charge in [0.2, 0.25) is 5.91 Å². The summed E-state index contributed by atoms with van der Waals surface area (Å²) in [5.41, 5.74) is 4.30. The molecule has 38 heavy (non-hydrogen) atoms. The van der Waals surface area contributed by atoms with Crippen molar-refractivity contribution in [3.8, 4) is 11.3 Å². The summed E-state index contributed by atoms with van der Waals surface area (Å²) in [4.78, 5) is 29.7. The minimum atomic E-state index is -0.980. The maximum atomic E-state index is 11.9. The molecule has 2 aromatic carbocycles. The van der Waals surface area contributed by atoms with Gasteiger partial charge >= 0.3 is 5.97 Å². The Morgan fingerprint density at radius 3 is 2.55 bits per heavy atom. The summed E-state index contributed by atoms with van der Waals surface area (Å²) >= 11 is 5.80. The number of nitrogens with one attached hydrogen (secondary N) is 2. The lowest BCUT2D eigenvalue weighted by Gasteiger charge is -2.26. The zero-order chi connectivity index (χ0) is 26.8. The summed E-state index contributed by atoms with van der Waals surface area (Å²) < 4.78 is 6.35. The molecule has 2 atom stereocenters. The quantitative estimate of drug-likeness (QED) is 0.257. The highest BCUT2D eigenvalue weighted by Gasteiger charge is 2.42. The molecule has 1 aliphatic heterocycles. The van der Waals surface area contributed by atoms with Crippen molar-refractivity contribution in [3.63, 3.8) is 0 Å². The number of furan rings is 1. The monoisotopic (exact) mass is 526 g/mol. The number of carboxylic acid groups (broad SMARTS) is 1. The van der Waals surface area contributed by atoms with Crippen molar-refractivity contribution in [3.05, 3.63) is 102 Å². The van der Waals surface area contributed by atoms with Gasteiger partial charge in [-0.3, -0.25) is 9.78 Å². The minimum absolute atomic E-state index is 0.0493. The first-order valence-corrected chi connectivity index (χ1v) is 12.6. The van der Waals surface area contributed by atoms with Crippen molar-refractivity contribution in [2.45, 2.75) is 32.4 Å². The van der Waals surface area contributed by atoms with E-state index in [1.165, 1.54) is 0 Å². The van der Waals surface area contributed by atoms with Gasteiger partial charge in [0, 0.05) is 29.6 Å². The molecule has 0 bridgehead atoms. The fourth-order valence-electron chi connectivity index (χ4n) is 4.54. The first-order valence-electron chi connectivity index (χ1n) is 12.2. The third-order valence-corrected chi connectivity index (χ3v) is 6.83. The summed E-state index contributed by atoms with van der Waals surface area (Å²) in [5, 5.41) is 16.1. The highest BCUT2D eigenvalue weighted by molar-refractivity contribution is 7.80. The number of pyridine rings is 1. The fourth-order valence-corrected chi connectivity index (χ4v) is 4.89. The van der Waals surface area contributed by atoms with Crippen LogP contribution >= 0.6 is 12.2 Å². The van der Waals surface area contributed by atoms with Crippen molar-refractivity contribution in [2.24, 2.45) is 0 Å². The maximum Gasteiger partial charge on any atom is 0.335 e. The normalized spacial score (nSPS) is 16.8. The second-order valence-electron chi connectivity index (χ2n) is 8.98. The molecule has 0 saturated carbocycles. The smallest absolute Gasteiger partial charge is 0.335 e. The summed E-state index contributed by atoms with van der Waals surface area (Å²) in [7, 11) is 0. The van der Waals surface area contributed by atoms with Crippen LogP contribution in [0.1, 0.15) is 52.8 Å². The van der Waals surface area contributed by atoms with E-state index >= 15 is 0 Å². The average molecular weight is 527 g/mol. The van der Waals surface area contributed by atoms with Gasteiger partial charge in [0.15, 0.2) is 5.11 Å². The number of carbonyl (C=O) groups excluding carboxylic acids is 1. The van der Waals surface area contributed by atoms with E-state index in [0.717, 1.165) is 28.2 Å². The number of rotatable bonds is 7. The first kappa shape index (κ1) is 25.2. The van der Waals surface area contributed by atoms with Gasteiger partial charge in [-0.2, -0.15) is 0 Å². The Morgan fingerprint density at radius 1 is 1.11 bits per heavy atom. The predicted molar refractivity (Wildman–Crippen MR) is 149 cm³/mol. The Kier molecular flexibility index (Phi) is 6.93. The topological polar surface area (TPSA) is 108 Å². The minimum Gasteiger partial charge on any atom is -0.478 e. The molecule has 8 nitrogen and oxygen atoms in total. The molecular weight excluding hydrogens is 500 g/mol. The van der Waals surface area contributed by atoms with Gasteiger partial charge in [0.25, 0.3) is 0 Å². The van der Waals surface area contributed by atoms with Gasteiger partial charge in [0.1, 0.15) is 17.6 Å². The number of thiocarbonyl (C=S) groups is 1. The molecule has 0 unspecified atom stereocenters. The molecule has 192 valence electrons. The number of aromatic nitrogens is 1. The molecule has 4 aromatic rings. The van der Waals surface area contributed by atoms with Crippen LogP contribution < -0.4 is 15.5 Å². The largest absolute Gasteiger partial charge is 0.478 e. The summed E-state index contributed by atoms with van der Waals surface area (Å²) in [6, 6.07) is 21.2. The van der Waals surface area contributed by atoms with Gasteiger partial charge in [-0.1, -0.05) is 25.1 Å². The number of aromatic carboxylic acids is 1. The lowest BCUT2D eigenvalue weighted by atomic mass is 10.0. The van der Waals surface area contributed by atoms with Crippen LogP contribution in [-0.4, -0.2) is 27.1 Å². The zero-order valence-corrected chi connectivity index (χ0v) is 21.7. The molecular formula is C29H26N4O4S. The average Bonchev–Trinajstić information content (AvgIpc) is 3.55. The SMILES string of the molecule is CCC(=O)Nc1ccc(N2C(=S)N[C@@H](c3ccccn3)[C@@H]2c2ccc(-c3ccc(C(=O)O)cc3)o2)cc1C. The molecule has 1 amide bonds. The predicted octanol–water partition coefficient (Wildman–Crippen LogP) is 5.87. The third-order valence-electron chi connectivity index (χ3n) is 6.52. The van der Waals surface area contributed by atoms with Gasteiger partial charge in [0.05, 0.1) is 17.3 Å². The van der Waals surface area contributed by atoms with Crippen molar-refractivity contribution in [2.75, 3.05) is 10.2 Å². The van der Waals surface area contributed by atoms with Crippen LogP contribution in [0.25, 0.3) is 11.3 Å². The summed E-state index contributed by atoms with van der Waals surface area (Å²) in [6.45, 7) is 3.76. The molecule has 9 heteroatoms. The molecule has 2 aromatic heterocycles. The summed E-state index contributed by atoms with van der Waals surface area (Å²) in [6.07, 6.45) is 2.14. The number of carbonyl (C=O) groups is 2.